The Morgan fingerprint density at radius 1 is 1.40 bits per heavy atom. The molecule has 1 heterocycles. The summed E-state index contributed by atoms with van der Waals surface area (Å²) in [7, 11) is -3.42. The fourth-order valence-electron chi connectivity index (χ4n) is 1.29. The number of sulfone groups is 1. The summed E-state index contributed by atoms with van der Waals surface area (Å²) in [5, 5.41) is 8.64. The lowest BCUT2D eigenvalue weighted by Gasteiger charge is -2.26. The first-order valence-electron chi connectivity index (χ1n) is 4.32. The molecule has 1 saturated heterocycles. The molecule has 82 valence electrons. The molecule has 0 amide bonds. The van der Waals surface area contributed by atoms with Gasteiger partial charge in [-0.2, -0.15) is 0 Å². The predicted molar refractivity (Wildman–Crippen MR) is 54.9 cm³/mol. The molecule has 0 aliphatic carbocycles. The van der Waals surface area contributed by atoms with E-state index in [1.165, 1.54) is 18.2 Å². The molecule has 1 aliphatic heterocycles. The molecule has 0 aromatic heterocycles. The average molecular weight is 249 g/mol. The second kappa shape index (κ2) is 3.66. The maximum absolute atomic E-state index is 11.9. The van der Waals surface area contributed by atoms with Gasteiger partial charge >= 0.3 is 0 Å². The number of hydrogen-bond acceptors (Lipinski definition) is 4. The molecule has 0 saturated carbocycles. The van der Waals surface area contributed by atoms with Gasteiger partial charge in [0.15, 0.2) is 9.84 Å². The van der Waals surface area contributed by atoms with Gasteiger partial charge in [0.1, 0.15) is 11.0 Å². The highest BCUT2D eigenvalue weighted by Crippen LogP contribution is 2.30. The quantitative estimate of drug-likeness (QED) is 0.855. The maximum atomic E-state index is 11.9. The minimum absolute atomic E-state index is 0.0434. The van der Waals surface area contributed by atoms with Crippen LogP contribution in [0.15, 0.2) is 23.1 Å². The van der Waals surface area contributed by atoms with Crippen molar-refractivity contribution in [1.82, 2.24) is 0 Å². The van der Waals surface area contributed by atoms with E-state index in [9.17, 15) is 8.42 Å². The number of phenols is 1. The summed E-state index contributed by atoms with van der Waals surface area (Å²) >= 11 is 5.76. The highest BCUT2D eigenvalue weighted by atomic mass is 35.5. The number of benzene rings is 1. The number of halogens is 1. The van der Waals surface area contributed by atoms with Crippen LogP contribution in [0.25, 0.3) is 0 Å². The molecule has 1 fully saturated rings. The smallest absolute Gasteiger partial charge is 0.187 e. The Hall–Kier alpha value is -0.780. The topological polar surface area (TPSA) is 63.6 Å². The molecule has 1 aliphatic rings. The Balaban J connectivity index is 2.44. The Kier molecular flexibility index (Phi) is 2.62. The third-order valence-electron chi connectivity index (χ3n) is 2.27. The SMILES string of the molecule is O=S(=O)(c1ccc(O)cc1Cl)C1COC1. The highest BCUT2D eigenvalue weighted by Gasteiger charge is 2.35. The first-order chi connectivity index (χ1) is 7.01. The van der Waals surface area contributed by atoms with Crippen LogP contribution in [0.5, 0.6) is 5.75 Å². The van der Waals surface area contributed by atoms with Crippen molar-refractivity contribution in [2.24, 2.45) is 0 Å². The molecule has 0 spiro atoms. The summed E-state index contributed by atoms with van der Waals surface area (Å²) in [6, 6.07) is 3.83. The van der Waals surface area contributed by atoms with Crippen LogP contribution in [0.1, 0.15) is 0 Å². The Morgan fingerprint density at radius 2 is 2.07 bits per heavy atom. The van der Waals surface area contributed by atoms with E-state index in [4.69, 9.17) is 21.4 Å². The van der Waals surface area contributed by atoms with Gasteiger partial charge in [0.25, 0.3) is 0 Å². The lowest BCUT2D eigenvalue weighted by atomic mass is 10.3. The van der Waals surface area contributed by atoms with Crippen LogP contribution in [-0.4, -0.2) is 32.0 Å². The first kappa shape index (κ1) is 10.7. The Morgan fingerprint density at radius 3 is 2.53 bits per heavy atom. The van der Waals surface area contributed by atoms with Gasteiger partial charge in [0.2, 0.25) is 0 Å². The molecule has 6 heteroatoms. The van der Waals surface area contributed by atoms with Gasteiger partial charge in [-0.3, -0.25) is 0 Å². The number of aromatic hydroxyl groups is 1. The summed E-state index contributed by atoms with van der Waals surface area (Å²) in [6.45, 7) is 0.416. The van der Waals surface area contributed by atoms with Crippen LogP contribution in [0, 0.1) is 0 Å². The van der Waals surface area contributed by atoms with Crippen molar-refractivity contribution in [1.29, 1.82) is 0 Å². The van der Waals surface area contributed by atoms with Crippen LogP contribution >= 0.6 is 11.6 Å². The molecular formula is C9H9ClO4S. The van der Waals surface area contributed by atoms with Gasteiger partial charge in [0, 0.05) is 0 Å². The van der Waals surface area contributed by atoms with Crippen molar-refractivity contribution in [3.8, 4) is 5.75 Å². The third-order valence-corrected chi connectivity index (χ3v) is 4.81. The van der Waals surface area contributed by atoms with E-state index in [0.29, 0.717) is 0 Å². The number of rotatable bonds is 2. The molecule has 2 rings (SSSR count). The molecule has 0 radical (unpaired) electrons. The number of phenolic OH excluding ortho intramolecular Hbond substituents is 1. The van der Waals surface area contributed by atoms with Crippen molar-refractivity contribution in [2.45, 2.75) is 10.1 Å². The standard InChI is InChI=1S/C9H9ClO4S/c10-8-3-6(11)1-2-9(8)15(12,13)7-4-14-5-7/h1-3,7,11H,4-5H2. The van der Waals surface area contributed by atoms with Gasteiger partial charge in [0.05, 0.1) is 23.1 Å². The fraction of sp³-hybridized carbons (Fsp3) is 0.333. The van der Waals surface area contributed by atoms with E-state index in [1.807, 2.05) is 0 Å². The molecule has 15 heavy (non-hydrogen) atoms. The van der Waals surface area contributed by atoms with Crippen molar-refractivity contribution in [3.63, 3.8) is 0 Å². The maximum Gasteiger partial charge on any atom is 0.187 e. The molecule has 1 aromatic rings. The minimum atomic E-state index is -3.42. The van der Waals surface area contributed by atoms with E-state index < -0.39 is 15.1 Å². The zero-order valence-electron chi connectivity index (χ0n) is 7.68. The molecule has 4 nitrogen and oxygen atoms in total. The van der Waals surface area contributed by atoms with Crippen LogP contribution < -0.4 is 0 Å². The summed E-state index contributed by atoms with van der Waals surface area (Å²) < 4.78 is 28.6. The lowest BCUT2D eigenvalue weighted by molar-refractivity contribution is 0.0416. The van der Waals surface area contributed by atoms with E-state index in [0.717, 1.165) is 0 Å². The van der Waals surface area contributed by atoms with Crippen LogP contribution in [0.4, 0.5) is 0 Å². The van der Waals surface area contributed by atoms with Crippen molar-refractivity contribution in [3.05, 3.63) is 23.2 Å². The summed E-state index contributed by atoms with van der Waals surface area (Å²) in [5.41, 5.74) is 0. The molecule has 0 bridgehead atoms. The molecule has 0 unspecified atom stereocenters. The van der Waals surface area contributed by atoms with E-state index in [-0.39, 0.29) is 28.9 Å². The second-order valence-electron chi connectivity index (χ2n) is 3.32. The lowest BCUT2D eigenvalue weighted by Crippen LogP contribution is -2.40. The zero-order valence-corrected chi connectivity index (χ0v) is 9.25. The summed E-state index contributed by atoms with van der Waals surface area (Å²) in [4.78, 5) is 0.0512. The number of ether oxygens (including phenoxy) is 1. The van der Waals surface area contributed by atoms with E-state index in [1.54, 1.807) is 0 Å². The Labute approximate surface area is 92.4 Å². The van der Waals surface area contributed by atoms with E-state index >= 15 is 0 Å². The van der Waals surface area contributed by atoms with Gasteiger partial charge in [-0.25, -0.2) is 8.42 Å². The largest absolute Gasteiger partial charge is 0.508 e. The average Bonchev–Trinajstić information content (AvgIpc) is 1.97. The van der Waals surface area contributed by atoms with Gasteiger partial charge < -0.3 is 9.84 Å². The van der Waals surface area contributed by atoms with Crippen molar-refractivity contribution >= 4 is 21.4 Å². The molecule has 1 N–H and O–H groups in total. The normalized spacial score (nSPS) is 17.4. The second-order valence-corrected chi connectivity index (χ2v) is 5.92. The van der Waals surface area contributed by atoms with E-state index in [2.05, 4.69) is 0 Å². The molecule has 1 aromatic carbocycles. The van der Waals surface area contributed by atoms with Crippen LogP contribution in [0.2, 0.25) is 5.02 Å². The van der Waals surface area contributed by atoms with Crippen molar-refractivity contribution in [2.75, 3.05) is 13.2 Å². The summed E-state index contributed by atoms with van der Waals surface area (Å²) in [5.74, 6) is -0.0520. The summed E-state index contributed by atoms with van der Waals surface area (Å²) in [6.07, 6.45) is 0. The van der Waals surface area contributed by atoms with Gasteiger partial charge in [-0.05, 0) is 18.2 Å². The monoisotopic (exact) mass is 248 g/mol. The third kappa shape index (κ3) is 1.82. The van der Waals surface area contributed by atoms with Crippen LogP contribution in [-0.2, 0) is 14.6 Å². The minimum Gasteiger partial charge on any atom is -0.508 e. The first-order valence-corrected chi connectivity index (χ1v) is 6.24. The van der Waals surface area contributed by atoms with Crippen LogP contribution in [0.3, 0.4) is 0 Å². The predicted octanol–water partition coefficient (Wildman–Crippen LogP) is 1.22. The highest BCUT2D eigenvalue weighted by molar-refractivity contribution is 7.92. The fourth-order valence-corrected chi connectivity index (χ4v) is 3.29. The Bertz CT molecular complexity index is 479. The molecular weight excluding hydrogens is 240 g/mol. The molecule has 0 atom stereocenters. The number of hydrogen-bond donors (Lipinski definition) is 1. The van der Waals surface area contributed by atoms with Gasteiger partial charge in [-0.1, -0.05) is 11.6 Å². The van der Waals surface area contributed by atoms with Crippen molar-refractivity contribution < 1.29 is 18.3 Å². The zero-order chi connectivity index (χ0) is 11.1. The van der Waals surface area contributed by atoms with Gasteiger partial charge in [-0.15, -0.1) is 0 Å².